The van der Waals surface area contributed by atoms with Crippen LogP contribution in [0.15, 0.2) is 0 Å². The van der Waals surface area contributed by atoms with Crippen LogP contribution in [-0.4, -0.2) is 97.5 Å². The monoisotopic (exact) mass is 306 g/mol. The summed E-state index contributed by atoms with van der Waals surface area (Å²) in [5.41, 5.74) is 0. The number of hydrogen-bond donors (Lipinski definition) is 4. The Kier molecular flexibility index (Phi) is 8.09. The normalized spacial score (nSPS) is 29.6. The highest BCUT2D eigenvalue weighted by Crippen LogP contribution is 2.17. The zero-order valence-corrected chi connectivity index (χ0v) is 12.6. The van der Waals surface area contributed by atoms with Crippen molar-refractivity contribution in [2.75, 3.05) is 47.0 Å². The highest BCUT2D eigenvalue weighted by Gasteiger charge is 2.38. The maximum Gasteiger partial charge on any atom is 0.222 e. The number of likely N-dealkylation sites (N-methyl/N-ethyl adjacent to an activating group) is 1. The van der Waals surface area contributed by atoms with Crippen LogP contribution in [0.5, 0.6) is 0 Å². The molecule has 4 N–H and O–H groups in total. The molecule has 21 heavy (non-hydrogen) atoms. The molecule has 0 radical (unpaired) electrons. The van der Waals surface area contributed by atoms with Gasteiger partial charge in [-0.25, -0.2) is 0 Å². The van der Waals surface area contributed by atoms with E-state index in [0.29, 0.717) is 6.54 Å². The number of carbonyl (C=O) groups excluding carboxylic acids is 1. The fourth-order valence-corrected chi connectivity index (χ4v) is 1.97. The number of nitrogens with zero attached hydrogens (tertiary/aromatic N) is 1. The molecule has 0 aromatic rings. The maximum absolute atomic E-state index is 11.5. The van der Waals surface area contributed by atoms with Gasteiger partial charge in [-0.1, -0.05) is 0 Å². The number of nitrogens with one attached hydrogen (secondary N) is 1. The van der Waals surface area contributed by atoms with Gasteiger partial charge < -0.3 is 35.0 Å². The molecule has 0 spiro atoms. The molecule has 1 aliphatic rings. The van der Waals surface area contributed by atoms with Gasteiger partial charge in [-0.15, -0.1) is 0 Å². The molecule has 0 aromatic heterocycles. The van der Waals surface area contributed by atoms with Gasteiger partial charge >= 0.3 is 0 Å². The first kappa shape index (κ1) is 18.3. The summed E-state index contributed by atoms with van der Waals surface area (Å²) in [6, 6.07) is 0. The Balaban J connectivity index is 2.19. The van der Waals surface area contributed by atoms with Crippen molar-refractivity contribution < 1.29 is 29.6 Å². The van der Waals surface area contributed by atoms with E-state index in [-0.39, 0.29) is 32.1 Å². The summed E-state index contributed by atoms with van der Waals surface area (Å²) in [5, 5.41) is 31.2. The van der Waals surface area contributed by atoms with E-state index in [2.05, 4.69) is 5.32 Å². The van der Waals surface area contributed by atoms with Gasteiger partial charge in [0.1, 0.15) is 24.4 Å². The summed E-state index contributed by atoms with van der Waals surface area (Å²) in [4.78, 5) is 13.5. The van der Waals surface area contributed by atoms with Gasteiger partial charge in [-0.2, -0.15) is 0 Å². The van der Waals surface area contributed by atoms with Crippen LogP contribution < -0.4 is 5.32 Å². The lowest BCUT2D eigenvalue weighted by Crippen LogP contribution is -2.55. The first-order valence-electron chi connectivity index (χ1n) is 7.07. The lowest BCUT2D eigenvalue weighted by atomic mass is 10.0. The average Bonchev–Trinajstić information content (AvgIpc) is 2.43. The summed E-state index contributed by atoms with van der Waals surface area (Å²) >= 11 is 0. The van der Waals surface area contributed by atoms with E-state index in [9.17, 15) is 15.0 Å². The van der Waals surface area contributed by atoms with Crippen LogP contribution in [0.2, 0.25) is 0 Å². The minimum Gasteiger partial charge on any atom is -0.394 e. The third kappa shape index (κ3) is 6.25. The number of rotatable bonds is 8. The summed E-state index contributed by atoms with van der Waals surface area (Å²) in [6.45, 7) is 1.18. The molecular weight excluding hydrogens is 280 g/mol. The topological polar surface area (TPSA) is 111 Å². The molecule has 0 saturated carbocycles. The molecular formula is C13H26N2O6. The van der Waals surface area contributed by atoms with Crippen molar-refractivity contribution in [2.45, 2.75) is 30.8 Å². The van der Waals surface area contributed by atoms with Crippen molar-refractivity contribution in [1.82, 2.24) is 10.2 Å². The summed E-state index contributed by atoms with van der Waals surface area (Å²) in [5.74, 6) is -0.128. The third-order valence-electron chi connectivity index (χ3n) is 3.31. The summed E-state index contributed by atoms with van der Waals surface area (Å²) < 4.78 is 10.5. The Morgan fingerprint density at radius 1 is 1.38 bits per heavy atom. The van der Waals surface area contributed by atoms with Gasteiger partial charge in [0.15, 0.2) is 0 Å². The second-order valence-electron chi connectivity index (χ2n) is 5.35. The van der Waals surface area contributed by atoms with Crippen molar-refractivity contribution in [3.05, 3.63) is 0 Å². The predicted octanol–water partition coefficient (Wildman–Crippen LogP) is -2.45. The molecule has 1 rings (SSSR count). The predicted molar refractivity (Wildman–Crippen MR) is 74.8 cm³/mol. The number of amides is 1. The Morgan fingerprint density at radius 2 is 2.10 bits per heavy atom. The van der Waals surface area contributed by atoms with Crippen LogP contribution in [0.25, 0.3) is 0 Å². The fourth-order valence-electron chi connectivity index (χ4n) is 1.97. The molecule has 0 aliphatic carbocycles. The highest BCUT2D eigenvalue weighted by molar-refractivity contribution is 5.75. The smallest absolute Gasteiger partial charge is 0.222 e. The third-order valence-corrected chi connectivity index (χ3v) is 3.31. The number of aliphatic hydroxyl groups excluding tert-OH is 3. The van der Waals surface area contributed by atoms with Gasteiger partial charge in [0, 0.05) is 19.5 Å². The molecule has 1 heterocycles. The van der Waals surface area contributed by atoms with Crippen molar-refractivity contribution >= 4 is 5.91 Å². The number of aliphatic hydroxyl groups is 3. The Bertz CT molecular complexity index is 315. The van der Waals surface area contributed by atoms with Crippen molar-refractivity contribution in [2.24, 2.45) is 0 Å². The molecule has 8 heteroatoms. The Labute approximate surface area is 124 Å². The maximum atomic E-state index is 11.5. The van der Waals surface area contributed by atoms with Crippen LogP contribution in [-0.2, 0) is 14.3 Å². The number of carbonyl (C=O) groups is 1. The molecule has 1 amide bonds. The fraction of sp³-hybridized carbons (Fsp3) is 0.923. The minimum atomic E-state index is -1.19. The molecule has 124 valence electrons. The van der Waals surface area contributed by atoms with E-state index in [1.54, 1.807) is 0 Å². The first-order chi connectivity index (χ1) is 9.95. The van der Waals surface area contributed by atoms with Crippen molar-refractivity contribution in [3.8, 4) is 0 Å². The van der Waals surface area contributed by atoms with Crippen LogP contribution in [0, 0.1) is 0 Å². The molecule has 1 saturated heterocycles. The number of ether oxygens (including phenoxy) is 2. The lowest BCUT2D eigenvalue weighted by Gasteiger charge is -2.36. The quantitative estimate of drug-likeness (QED) is 0.394. The van der Waals surface area contributed by atoms with Gasteiger partial charge in [0.05, 0.1) is 19.8 Å². The van der Waals surface area contributed by atoms with E-state index in [0.717, 1.165) is 6.54 Å². The zero-order valence-electron chi connectivity index (χ0n) is 12.6. The Hall–Kier alpha value is -0.770. The Morgan fingerprint density at radius 3 is 2.71 bits per heavy atom. The molecule has 0 bridgehead atoms. The molecule has 0 aromatic carbocycles. The number of hydrogen-bond acceptors (Lipinski definition) is 7. The summed E-state index contributed by atoms with van der Waals surface area (Å²) in [7, 11) is 3.84. The average molecular weight is 306 g/mol. The largest absolute Gasteiger partial charge is 0.394 e. The van der Waals surface area contributed by atoms with Gasteiger partial charge in [0.25, 0.3) is 0 Å². The van der Waals surface area contributed by atoms with Gasteiger partial charge in [-0.3, -0.25) is 4.79 Å². The van der Waals surface area contributed by atoms with E-state index in [1.165, 1.54) is 0 Å². The minimum absolute atomic E-state index is 0.0751. The van der Waals surface area contributed by atoms with E-state index >= 15 is 0 Å². The van der Waals surface area contributed by atoms with E-state index in [4.69, 9.17) is 14.6 Å². The van der Waals surface area contributed by atoms with E-state index in [1.807, 2.05) is 19.0 Å². The van der Waals surface area contributed by atoms with Crippen LogP contribution in [0.3, 0.4) is 0 Å². The van der Waals surface area contributed by atoms with Crippen LogP contribution in [0.4, 0.5) is 0 Å². The lowest BCUT2D eigenvalue weighted by molar-refractivity contribution is -0.208. The van der Waals surface area contributed by atoms with Crippen LogP contribution in [0.1, 0.15) is 6.42 Å². The molecule has 4 atom stereocenters. The van der Waals surface area contributed by atoms with Gasteiger partial charge in [-0.05, 0) is 14.1 Å². The summed E-state index contributed by atoms with van der Waals surface area (Å²) in [6.07, 6.45) is -3.64. The van der Waals surface area contributed by atoms with Crippen molar-refractivity contribution in [1.29, 1.82) is 0 Å². The SMILES string of the molecule is CN(C)CCNC(=O)CCOC1COC(CO)[C@@H](O)C1O. The first-order valence-corrected chi connectivity index (χ1v) is 7.07. The van der Waals surface area contributed by atoms with Gasteiger partial charge in [0.2, 0.25) is 5.91 Å². The molecule has 3 unspecified atom stereocenters. The molecule has 8 nitrogen and oxygen atoms in total. The molecule has 1 aliphatic heterocycles. The molecule has 1 fully saturated rings. The second-order valence-corrected chi connectivity index (χ2v) is 5.35. The highest BCUT2D eigenvalue weighted by atomic mass is 16.6. The standard InChI is InChI=1S/C13H26N2O6/c1-15(2)5-4-14-11(17)3-6-20-10-8-21-9(7-16)12(18)13(10)19/h9-10,12-13,16,18-19H,3-8H2,1-2H3,(H,14,17)/t9?,10?,12-,13?/m1/s1. The van der Waals surface area contributed by atoms with Crippen LogP contribution >= 0.6 is 0 Å². The second kappa shape index (κ2) is 9.29. The zero-order chi connectivity index (χ0) is 15.8. The van der Waals surface area contributed by atoms with Crippen molar-refractivity contribution in [3.63, 3.8) is 0 Å². The van der Waals surface area contributed by atoms with E-state index < -0.39 is 24.4 Å².